The van der Waals surface area contributed by atoms with Crippen molar-refractivity contribution in [3.05, 3.63) is 88.4 Å². The fourth-order valence-corrected chi connectivity index (χ4v) is 7.04. The van der Waals surface area contributed by atoms with Crippen molar-refractivity contribution in [2.75, 3.05) is 69.8 Å². The first-order valence-corrected chi connectivity index (χ1v) is 16.9. The van der Waals surface area contributed by atoms with Crippen LogP contribution in [0.1, 0.15) is 48.9 Å². The van der Waals surface area contributed by atoms with Crippen LogP contribution in [0.2, 0.25) is 0 Å². The van der Waals surface area contributed by atoms with Crippen LogP contribution in [0.15, 0.2) is 66.0 Å². The number of piperazine rings is 1. The van der Waals surface area contributed by atoms with E-state index in [1.807, 2.05) is 30.5 Å². The topological polar surface area (TPSA) is 90.8 Å². The number of hydrogen-bond donors (Lipinski definition) is 2. The van der Waals surface area contributed by atoms with Crippen molar-refractivity contribution >= 4 is 22.3 Å². The van der Waals surface area contributed by atoms with Gasteiger partial charge in [0, 0.05) is 100 Å². The number of likely N-dealkylation sites (N-methyl/N-ethyl adjacent to an activating group) is 1. The van der Waals surface area contributed by atoms with E-state index < -0.39 is 0 Å². The van der Waals surface area contributed by atoms with E-state index in [0.29, 0.717) is 41.6 Å². The van der Waals surface area contributed by atoms with Gasteiger partial charge in [-0.1, -0.05) is 0 Å². The number of ether oxygens (including phenoxy) is 1. The first kappa shape index (κ1) is 31.5. The highest BCUT2D eigenvalue weighted by molar-refractivity contribution is 5.84. The summed E-state index contributed by atoms with van der Waals surface area (Å²) >= 11 is 0. The van der Waals surface area contributed by atoms with Crippen LogP contribution >= 0.6 is 0 Å². The Morgan fingerprint density at radius 2 is 1.89 bits per heavy atom. The van der Waals surface area contributed by atoms with Crippen LogP contribution in [0.4, 0.5) is 15.8 Å². The van der Waals surface area contributed by atoms with E-state index in [2.05, 4.69) is 59.2 Å². The molecule has 0 spiro atoms. The third-order valence-corrected chi connectivity index (χ3v) is 9.84. The second kappa shape index (κ2) is 14.0. The molecule has 2 atom stereocenters. The zero-order chi connectivity index (χ0) is 32.3. The van der Waals surface area contributed by atoms with Gasteiger partial charge in [-0.05, 0) is 68.6 Å². The summed E-state index contributed by atoms with van der Waals surface area (Å²) in [7, 11) is 3.71. The molecule has 1 unspecified atom stereocenters. The molecule has 7 rings (SSSR count). The number of nitrogens with one attached hydrogen (secondary N) is 2. The Morgan fingerprint density at radius 3 is 2.66 bits per heavy atom. The standard InChI is InChI=1S/C36H45FN8O2/c1-42-13-15-43(16-14-42)34-19-33-29(18-31(34)37)36(46)30(24-45(33)27-7-8-27)32(22-39-20-25-9-11-40-35(17-25)47-2)41-26-5-4-12-44(23-26)28-6-3-10-38-21-28/h3,6,9-11,17-19,21,24,26-27,32,39,41H,4-5,7-8,12-16,20,22-23H2,1-2H3/t26-,32?/m0/s1. The summed E-state index contributed by atoms with van der Waals surface area (Å²) in [6.45, 7) is 6.22. The van der Waals surface area contributed by atoms with Crippen LogP contribution in [-0.2, 0) is 6.54 Å². The first-order valence-electron chi connectivity index (χ1n) is 16.9. The SMILES string of the molecule is COc1cc(CNCC(N[C@H]2CCCN(c3cccnc3)C2)c2cn(C3CC3)c3cc(N4CCN(C)CC4)c(F)cc3c2=O)ccn1. The molecular formula is C36H45FN8O2. The average molecular weight is 641 g/mol. The molecule has 47 heavy (non-hydrogen) atoms. The van der Waals surface area contributed by atoms with Gasteiger partial charge in [-0.25, -0.2) is 9.37 Å². The third kappa shape index (κ3) is 7.12. The van der Waals surface area contributed by atoms with E-state index in [4.69, 9.17) is 4.74 Å². The highest BCUT2D eigenvalue weighted by Gasteiger charge is 2.30. The lowest BCUT2D eigenvalue weighted by atomic mass is 9.99. The van der Waals surface area contributed by atoms with E-state index in [1.54, 1.807) is 19.5 Å². The Morgan fingerprint density at radius 1 is 1.04 bits per heavy atom. The number of halogens is 1. The number of pyridine rings is 3. The second-order valence-electron chi connectivity index (χ2n) is 13.2. The fraction of sp³-hybridized carbons (Fsp3) is 0.472. The molecule has 248 valence electrons. The molecule has 5 heterocycles. The number of anilines is 2. The Labute approximate surface area is 275 Å². The Bertz CT molecular complexity index is 1740. The summed E-state index contributed by atoms with van der Waals surface area (Å²) < 4.78 is 23.4. The Hall–Kier alpha value is -4.06. The number of fused-ring (bicyclic) bond motifs is 1. The Kier molecular flexibility index (Phi) is 9.37. The summed E-state index contributed by atoms with van der Waals surface area (Å²) in [5, 5.41) is 7.92. The fourth-order valence-electron chi connectivity index (χ4n) is 7.04. The van der Waals surface area contributed by atoms with Crippen LogP contribution in [0.25, 0.3) is 10.9 Å². The minimum Gasteiger partial charge on any atom is -0.481 e. The number of benzene rings is 1. The molecule has 1 aromatic carbocycles. The molecule has 2 aliphatic heterocycles. The molecule has 1 saturated carbocycles. The zero-order valence-electron chi connectivity index (χ0n) is 27.4. The zero-order valence-corrected chi connectivity index (χ0v) is 27.4. The van der Waals surface area contributed by atoms with Gasteiger partial charge in [0.1, 0.15) is 5.82 Å². The summed E-state index contributed by atoms with van der Waals surface area (Å²) in [4.78, 5) is 29.7. The van der Waals surface area contributed by atoms with Gasteiger partial charge in [-0.15, -0.1) is 0 Å². The molecule has 3 fully saturated rings. The maximum absolute atomic E-state index is 15.8. The lowest BCUT2D eigenvalue weighted by Crippen LogP contribution is -2.49. The average Bonchev–Trinajstić information content (AvgIpc) is 3.95. The maximum Gasteiger partial charge on any atom is 0.213 e. The molecule has 3 aliphatic rings. The van der Waals surface area contributed by atoms with E-state index in [9.17, 15) is 4.79 Å². The second-order valence-corrected chi connectivity index (χ2v) is 13.2. The number of aromatic nitrogens is 3. The minimum atomic E-state index is -0.327. The minimum absolute atomic E-state index is 0.106. The summed E-state index contributed by atoms with van der Waals surface area (Å²) in [6, 6.07) is 11.6. The molecule has 0 amide bonds. The van der Waals surface area contributed by atoms with Gasteiger partial charge in [-0.3, -0.25) is 9.78 Å². The van der Waals surface area contributed by atoms with E-state index in [1.165, 1.54) is 6.07 Å². The van der Waals surface area contributed by atoms with Crippen molar-refractivity contribution in [2.45, 2.75) is 50.4 Å². The van der Waals surface area contributed by atoms with Crippen LogP contribution < -0.4 is 30.6 Å². The van der Waals surface area contributed by atoms with Crippen LogP contribution in [0.3, 0.4) is 0 Å². The number of hydrogen-bond acceptors (Lipinski definition) is 9. The molecular weight excluding hydrogens is 595 g/mol. The molecule has 11 heteroatoms. The highest BCUT2D eigenvalue weighted by atomic mass is 19.1. The molecule has 2 N–H and O–H groups in total. The van der Waals surface area contributed by atoms with Gasteiger partial charge in [0.2, 0.25) is 5.88 Å². The molecule has 1 aliphatic carbocycles. The predicted molar refractivity (Wildman–Crippen MR) is 184 cm³/mol. The van der Waals surface area contributed by atoms with Gasteiger partial charge < -0.3 is 34.6 Å². The largest absolute Gasteiger partial charge is 0.481 e. The normalized spacial score (nSPS) is 19.7. The summed E-state index contributed by atoms with van der Waals surface area (Å²) in [6.07, 6.45) is 11.7. The van der Waals surface area contributed by atoms with Crippen molar-refractivity contribution in [3.8, 4) is 5.88 Å². The molecule has 0 bridgehead atoms. The Balaban J connectivity index is 1.21. The first-order chi connectivity index (χ1) is 23.0. The number of methoxy groups -OCH3 is 1. The van der Waals surface area contributed by atoms with Crippen molar-refractivity contribution in [1.29, 1.82) is 0 Å². The van der Waals surface area contributed by atoms with Crippen LogP contribution in [0.5, 0.6) is 5.88 Å². The molecule has 0 radical (unpaired) electrons. The van der Waals surface area contributed by atoms with Gasteiger partial charge >= 0.3 is 0 Å². The molecule has 2 saturated heterocycles. The van der Waals surface area contributed by atoms with Crippen molar-refractivity contribution in [1.82, 2.24) is 30.1 Å². The molecule has 4 aromatic rings. The van der Waals surface area contributed by atoms with Crippen molar-refractivity contribution in [3.63, 3.8) is 0 Å². The van der Waals surface area contributed by atoms with Gasteiger partial charge in [0.05, 0.1) is 36.2 Å². The number of rotatable bonds is 11. The van der Waals surface area contributed by atoms with Crippen LogP contribution in [-0.4, -0.2) is 85.4 Å². The van der Waals surface area contributed by atoms with Gasteiger partial charge in [-0.2, -0.15) is 0 Å². The van der Waals surface area contributed by atoms with E-state index >= 15 is 4.39 Å². The smallest absolute Gasteiger partial charge is 0.213 e. The van der Waals surface area contributed by atoms with Crippen molar-refractivity contribution < 1.29 is 9.13 Å². The van der Waals surface area contributed by atoms with E-state index in [-0.39, 0.29) is 23.3 Å². The highest BCUT2D eigenvalue weighted by Crippen LogP contribution is 2.39. The third-order valence-electron chi connectivity index (χ3n) is 9.84. The molecule has 10 nitrogen and oxygen atoms in total. The lowest BCUT2D eigenvalue weighted by molar-refractivity contribution is 0.312. The number of nitrogens with zero attached hydrogens (tertiary/aromatic N) is 6. The number of piperidine rings is 1. The summed E-state index contributed by atoms with van der Waals surface area (Å²) in [5.74, 6) is 0.240. The summed E-state index contributed by atoms with van der Waals surface area (Å²) in [5.41, 5.74) is 4.14. The lowest BCUT2D eigenvalue weighted by Gasteiger charge is -2.37. The van der Waals surface area contributed by atoms with Gasteiger partial charge in [0.15, 0.2) is 5.43 Å². The molecule has 3 aromatic heterocycles. The predicted octanol–water partition coefficient (Wildman–Crippen LogP) is 4.12. The quantitative estimate of drug-likeness (QED) is 0.251. The van der Waals surface area contributed by atoms with Crippen molar-refractivity contribution in [2.24, 2.45) is 0 Å². The maximum atomic E-state index is 15.8. The van der Waals surface area contributed by atoms with E-state index in [0.717, 1.165) is 81.7 Å². The van der Waals surface area contributed by atoms with Crippen LogP contribution in [0, 0.1) is 5.82 Å². The van der Waals surface area contributed by atoms with Gasteiger partial charge in [0.25, 0.3) is 0 Å². The monoisotopic (exact) mass is 640 g/mol.